The molecule has 5 N–H and O–H groups in total. The highest BCUT2D eigenvalue weighted by molar-refractivity contribution is 9.10. The summed E-state index contributed by atoms with van der Waals surface area (Å²) in [5.74, 6) is -0.219. The summed E-state index contributed by atoms with van der Waals surface area (Å²) in [6, 6.07) is 3.66. The van der Waals surface area contributed by atoms with Crippen LogP contribution in [-0.2, 0) is 0 Å². The van der Waals surface area contributed by atoms with E-state index in [0.29, 0.717) is 10.7 Å². The predicted octanol–water partition coefficient (Wildman–Crippen LogP) is 2.59. The van der Waals surface area contributed by atoms with Crippen molar-refractivity contribution >= 4 is 56.5 Å². The summed E-state index contributed by atoms with van der Waals surface area (Å²) in [7, 11) is 0. The van der Waals surface area contributed by atoms with Crippen molar-refractivity contribution in [3.8, 4) is 0 Å². The maximum Gasteiger partial charge on any atom is 0.192 e. The van der Waals surface area contributed by atoms with Gasteiger partial charge in [0.1, 0.15) is 0 Å². The number of guanidine groups is 1. The second-order valence-electron chi connectivity index (χ2n) is 3.07. The van der Waals surface area contributed by atoms with Crippen molar-refractivity contribution in [1.82, 2.24) is 5.32 Å². The molecule has 0 aliphatic heterocycles. The molecule has 1 rings (SSSR count). The Morgan fingerprint density at radius 3 is 2.69 bits per heavy atom. The summed E-state index contributed by atoms with van der Waals surface area (Å²) in [6.45, 7) is 1.90. The minimum atomic E-state index is -0.219. The minimum absolute atomic E-state index is 0.219. The van der Waals surface area contributed by atoms with Gasteiger partial charge in [0, 0.05) is 4.47 Å². The monoisotopic (exact) mass is 320 g/mol. The fourth-order valence-corrected chi connectivity index (χ4v) is 2.36. The summed E-state index contributed by atoms with van der Waals surface area (Å²) < 4.78 is 0.894. The van der Waals surface area contributed by atoms with Crippen LogP contribution in [0.5, 0.6) is 0 Å². The average Bonchev–Trinajstić information content (AvgIpc) is 2.09. The van der Waals surface area contributed by atoms with Gasteiger partial charge in [-0.3, -0.25) is 5.41 Å². The van der Waals surface area contributed by atoms with Gasteiger partial charge in [0.25, 0.3) is 0 Å². The molecule has 4 nitrogen and oxygen atoms in total. The van der Waals surface area contributed by atoms with Gasteiger partial charge in [-0.15, -0.1) is 0 Å². The number of thiocarbonyl (C=S) groups is 1. The molecule has 0 spiro atoms. The first-order chi connectivity index (χ1) is 7.40. The lowest BCUT2D eigenvalue weighted by molar-refractivity contribution is 1.25. The van der Waals surface area contributed by atoms with Gasteiger partial charge >= 0.3 is 0 Å². The molecule has 1 aromatic carbocycles. The van der Waals surface area contributed by atoms with Gasteiger partial charge in [0.2, 0.25) is 0 Å². The lowest BCUT2D eigenvalue weighted by atomic mass is 10.2. The Labute approximate surface area is 112 Å². The van der Waals surface area contributed by atoms with Crippen molar-refractivity contribution in [2.75, 3.05) is 5.32 Å². The van der Waals surface area contributed by atoms with E-state index in [2.05, 4.69) is 26.6 Å². The molecule has 86 valence electrons. The van der Waals surface area contributed by atoms with Crippen molar-refractivity contribution in [3.05, 3.63) is 27.2 Å². The van der Waals surface area contributed by atoms with Crippen LogP contribution < -0.4 is 16.4 Å². The van der Waals surface area contributed by atoms with Crippen LogP contribution in [0, 0.1) is 12.3 Å². The largest absolute Gasteiger partial charge is 0.370 e. The van der Waals surface area contributed by atoms with Crippen molar-refractivity contribution in [2.24, 2.45) is 5.73 Å². The lowest BCUT2D eigenvalue weighted by Gasteiger charge is -2.13. The summed E-state index contributed by atoms with van der Waals surface area (Å²) in [4.78, 5) is 0. The topological polar surface area (TPSA) is 73.9 Å². The van der Waals surface area contributed by atoms with E-state index in [9.17, 15) is 0 Å². The molecule has 0 saturated carbocycles. The Morgan fingerprint density at radius 1 is 1.56 bits per heavy atom. The molecular formula is C9H10BrClN4S. The van der Waals surface area contributed by atoms with Gasteiger partial charge in [-0.05, 0) is 36.8 Å². The van der Waals surface area contributed by atoms with Gasteiger partial charge in [-0.1, -0.05) is 27.5 Å². The third-order valence-electron chi connectivity index (χ3n) is 1.74. The highest BCUT2D eigenvalue weighted by Gasteiger charge is 2.07. The van der Waals surface area contributed by atoms with E-state index in [-0.39, 0.29) is 11.1 Å². The number of hydrogen-bond acceptors (Lipinski definition) is 2. The van der Waals surface area contributed by atoms with Crippen LogP contribution in [0.2, 0.25) is 5.02 Å². The molecule has 0 radical (unpaired) electrons. The van der Waals surface area contributed by atoms with Crippen LogP contribution in [0.4, 0.5) is 5.69 Å². The molecule has 0 aromatic heterocycles. The summed E-state index contributed by atoms with van der Waals surface area (Å²) in [6.07, 6.45) is 0. The summed E-state index contributed by atoms with van der Waals surface area (Å²) in [5.41, 5.74) is 6.79. The van der Waals surface area contributed by atoms with E-state index in [1.165, 1.54) is 0 Å². The molecule has 0 amide bonds. The summed E-state index contributed by atoms with van der Waals surface area (Å²) >= 11 is 14.3. The SMILES string of the molecule is Cc1cc(Br)cc(Cl)c1NC(=S)NC(=N)N. The third kappa shape index (κ3) is 3.62. The van der Waals surface area contributed by atoms with E-state index in [4.69, 9.17) is 35.0 Å². The van der Waals surface area contributed by atoms with Crippen LogP contribution in [0.15, 0.2) is 16.6 Å². The van der Waals surface area contributed by atoms with Crippen LogP contribution in [0.3, 0.4) is 0 Å². The number of aryl methyl sites for hydroxylation is 1. The smallest absolute Gasteiger partial charge is 0.192 e. The van der Waals surface area contributed by atoms with Crippen LogP contribution >= 0.6 is 39.7 Å². The van der Waals surface area contributed by atoms with Crippen LogP contribution in [0.25, 0.3) is 0 Å². The number of halogens is 2. The second-order valence-corrected chi connectivity index (χ2v) is 4.80. The fourth-order valence-electron chi connectivity index (χ4n) is 1.13. The molecule has 0 unspecified atom stereocenters. The molecule has 7 heteroatoms. The Balaban J connectivity index is 2.89. The maximum atomic E-state index is 7.03. The Hall–Kier alpha value is -0.850. The summed E-state index contributed by atoms with van der Waals surface area (Å²) in [5, 5.41) is 13.2. The number of benzene rings is 1. The standard InChI is InChI=1S/C9H10BrClN4S/c1-4-2-5(10)3-6(11)7(4)14-9(16)15-8(12)13/h2-3H,1H3,(H5,12,13,14,15,16). The third-order valence-corrected chi connectivity index (χ3v) is 2.70. The molecule has 0 atom stereocenters. The zero-order chi connectivity index (χ0) is 12.3. The van der Waals surface area contributed by atoms with E-state index in [1.54, 1.807) is 6.07 Å². The number of hydrogen-bond donors (Lipinski definition) is 4. The number of rotatable bonds is 1. The molecule has 0 saturated heterocycles. The van der Waals surface area contributed by atoms with Gasteiger partial charge in [0.05, 0.1) is 10.7 Å². The molecule has 1 aromatic rings. The van der Waals surface area contributed by atoms with Crippen molar-refractivity contribution in [2.45, 2.75) is 6.92 Å². The predicted molar refractivity (Wildman–Crippen MR) is 75.2 cm³/mol. The molecular weight excluding hydrogens is 312 g/mol. The second kappa shape index (κ2) is 5.47. The van der Waals surface area contributed by atoms with Gasteiger partial charge in [-0.2, -0.15) is 0 Å². The molecule has 0 aliphatic carbocycles. The van der Waals surface area contributed by atoms with Gasteiger partial charge in [-0.25, -0.2) is 0 Å². The molecule has 16 heavy (non-hydrogen) atoms. The molecule has 0 heterocycles. The van der Waals surface area contributed by atoms with Gasteiger partial charge in [0.15, 0.2) is 11.1 Å². The van der Waals surface area contributed by atoms with Crippen LogP contribution in [-0.4, -0.2) is 11.1 Å². The highest BCUT2D eigenvalue weighted by Crippen LogP contribution is 2.29. The maximum absolute atomic E-state index is 7.03. The first-order valence-electron chi connectivity index (χ1n) is 4.28. The van der Waals surface area contributed by atoms with Gasteiger partial charge < -0.3 is 16.4 Å². The average molecular weight is 322 g/mol. The number of nitrogens with one attached hydrogen (secondary N) is 3. The van der Waals surface area contributed by atoms with Crippen molar-refractivity contribution < 1.29 is 0 Å². The quantitative estimate of drug-likeness (QED) is 0.364. The molecule has 0 bridgehead atoms. The zero-order valence-electron chi connectivity index (χ0n) is 8.40. The Kier molecular flexibility index (Phi) is 4.52. The van der Waals surface area contributed by atoms with Crippen molar-refractivity contribution in [1.29, 1.82) is 5.41 Å². The van der Waals surface area contributed by atoms with E-state index >= 15 is 0 Å². The Morgan fingerprint density at radius 2 is 2.19 bits per heavy atom. The normalized spacial score (nSPS) is 9.69. The van der Waals surface area contributed by atoms with E-state index in [1.807, 2.05) is 13.0 Å². The molecule has 0 aliphatic rings. The first-order valence-corrected chi connectivity index (χ1v) is 5.85. The zero-order valence-corrected chi connectivity index (χ0v) is 11.6. The minimum Gasteiger partial charge on any atom is -0.370 e. The lowest BCUT2D eigenvalue weighted by Crippen LogP contribution is -2.38. The number of nitrogens with two attached hydrogens (primary N) is 1. The van der Waals surface area contributed by atoms with E-state index < -0.39 is 0 Å². The van der Waals surface area contributed by atoms with Crippen molar-refractivity contribution in [3.63, 3.8) is 0 Å². The molecule has 0 fully saturated rings. The van der Waals surface area contributed by atoms with E-state index in [0.717, 1.165) is 10.0 Å². The number of anilines is 1. The Bertz CT molecular complexity index is 426. The first kappa shape index (κ1) is 13.2. The fraction of sp³-hybridized carbons (Fsp3) is 0.111. The van der Waals surface area contributed by atoms with Crippen LogP contribution in [0.1, 0.15) is 5.56 Å². The highest BCUT2D eigenvalue weighted by atomic mass is 79.9.